The molecule has 0 aliphatic carbocycles. The van der Waals surface area contributed by atoms with Crippen LogP contribution in [0.25, 0.3) is 0 Å². The monoisotopic (exact) mass is 335 g/mol. The molecule has 6 heteroatoms. The maximum atomic E-state index is 13.2. The van der Waals surface area contributed by atoms with E-state index < -0.39 is 23.5 Å². The Morgan fingerprint density at radius 2 is 1.96 bits per heavy atom. The Hall–Kier alpha value is -2.21. The van der Waals surface area contributed by atoms with Crippen LogP contribution in [0, 0.1) is 11.7 Å². The lowest BCUT2D eigenvalue weighted by molar-refractivity contribution is -0.130. The first-order chi connectivity index (χ1) is 11.4. The van der Waals surface area contributed by atoms with Crippen LogP contribution in [-0.2, 0) is 14.3 Å². The Labute approximate surface area is 140 Å². The predicted molar refractivity (Wildman–Crippen MR) is 86.8 cm³/mol. The Bertz CT molecular complexity index is 651. The van der Waals surface area contributed by atoms with Crippen LogP contribution in [0.1, 0.15) is 31.9 Å². The number of carbonyl (C=O) groups is 2. The zero-order valence-electron chi connectivity index (χ0n) is 14.1. The average molecular weight is 335 g/mol. The van der Waals surface area contributed by atoms with Gasteiger partial charge in [0, 0.05) is 20.1 Å². The van der Waals surface area contributed by atoms with Gasteiger partial charge < -0.3 is 14.7 Å². The molecule has 1 aliphatic rings. The second-order valence-electron chi connectivity index (χ2n) is 6.23. The van der Waals surface area contributed by atoms with Crippen molar-refractivity contribution in [3.63, 3.8) is 0 Å². The number of rotatable bonds is 7. The number of carbonyl (C=O) groups excluding carboxylic acids is 2. The topological polar surface area (TPSA) is 66.8 Å². The summed E-state index contributed by atoms with van der Waals surface area (Å²) in [5.41, 5.74) is 0.661. The third kappa shape index (κ3) is 3.64. The van der Waals surface area contributed by atoms with Gasteiger partial charge >= 0.3 is 0 Å². The number of ketones is 1. The molecule has 1 aliphatic heterocycles. The number of Topliss-reactive ketones (excluding diaryl/α,β-unsaturated/α-hetero) is 1. The number of benzene rings is 1. The summed E-state index contributed by atoms with van der Waals surface area (Å²) in [6.45, 7) is 4.27. The first-order valence-electron chi connectivity index (χ1n) is 7.88. The van der Waals surface area contributed by atoms with Crippen LogP contribution in [0.5, 0.6) is 0 Å². The van der Waals surface area contributed by atoms with Gasteiger partial charge in [0.25, 0.3) is 5.91 Å². The summed E-state index contributed by atoms with van der Waals surface area (Å²) in [6, 6.07) is 4.87. The molecule has 1 amide bonds. The van der Waals surface area contributed by atoms with E-state index >= 15 is 0 Å². The van der Waals surface area contributed by atoms with Crippen LogP contribution >= 0.6 is 0 Å². The van der Waals surface area contributed by atoms with Gasteiger partial charge in [-0.05, 0) is 23.6 Å². The molecule has 1 aromatic carbocycles. The van der Waals surface area contributed by atoms with E-state index in [9.17, 15) is 19.1 Å². The molecule has 0 saturated carbocycles. The molecule has 1 heterocycles. The molecule has 0 bridgehead atoms. The number of hydrogen-bond acceptors (Lipinski definition) is 4. The van der Waals surface area contributed by atoms with E-state index in [4.69, 9.17) is 4.74 Å². The van der Waals surface area contributed by atoms with Crippen molar-refractivity contribution in [3.05, 3.63) is 47.0 Å². The minimum Gasteiger partial charge on any atom is -0.503 e. The lowest BCUT2D eigenvalue weighted by Crippen LogP contribution is -2.34. The fraction of sp³-hybridized carbons (Fsp3) is 0.444. The number of halogens is 1. The highest BCUT2D eigenvalue weighted by atomic mass is 19.1. The van der Waals surface area contributed by atoms with Gasteiger partial charge in [0.05, 0.1) is 18.2 Å². The van der Waals surface area contributed by atoms with E-state index in [0.717, 1.165) is 0 Å². The molecule has 2 rings (SSSR count). The van der Waals surface area contributed by atoms with Crippen molar-refractivity contribution in [2.75, 3.05) is 20.3 Å². The van der Waals surface area contributed by atoms with Crippen molar-refractivity contribution in [2.24, 2.45) is 5.92 Å². The number of methoxy groups -OCH3 is 1. The van der Waals surface area contributed by atoms with Crippen molar-refractivity contribution in [1.29, 1.82) is 0 Å². The molecule has 0 fully saturated rings. The maximum absolute atomic E-state index is 13.2. The third-order valence-corrected chi connectivity index (χ3v) is 3.92. The lowest BCUT2D eigenvalue weighted by Gasteiger charge is -2.26. The van der Waals surface area contributed by atoms with Crippen LogP contribution in [0.4, 0.5) is 4.39 Å². The van der Waals surface area contributed by atoms with E-state index in [2.05, 4.69) is 0 Å². The quantitative estimate of drug-likeness (QED) is 0.832. The van der Waals surface area contributed by atoms with E-state index in [1.165, 1.54) is 36.3 Å². The van der Waals surface area contributed by atoms with Gasteiger partial charge in [-0.25, -0.2) is 4.39 Å². The van der Waals surface area contributed by atoms with Crippen molar-refractivity contribution in [3.8, 4) is 0 Å². The Kier molecular flexibility index (Phi) is 5.72. The fourth-order valence-electron chi connectivity index (χ4n) is 2.83. The highest BCUT2D eigenvalue weighted by molar-refractivity contribution is 6.09. The number of amides is 1. The molecule has 1 atom stereocenters. The third-order valence-electron chi connectivity index (χ3n) is 3.92. The fourth-order valence-corrected chi connectivity index (χ4v) is 2.83. The molecule has 1 N–H and O–H groups in total. The standard InChI is InChI=1S/C18H22FNO4/c1-11(2)10-14(21)15-16(12-4-6-13(19)7-5-12)20(8-9-24-3)18(23)17(15)22/h4-7,11,16,22H,8-10H2,1-3H3. The Balaban J connectivity index is 2.45. The average Bonchev–Trinajstić information content (AvgIpc) is 2.77. The molecular weight excluding hydrogens is 313 g/mol. The van der Waals surface area contributed by atoms with Gasteiger partial charge in [-0.2, -0.15) is 0 Å². The van der Waals surface area contributed by atoms with Crippen molar-refractivity contribution in [1.82, 2.24) is 4.90 Å². The zero-order chi connectivity index (χ0) is 17.9. The van der Waals surface area contributed by atoms with Crippen molar-refractivity contribution < 1.29 is 23.8 Å². The summed E-state index contributed by atoms with van der Waals surface area (Å²) in [6.07, 6.45) is 0.225. The highest BCUT2D eigenvalue weighted by Gasteiger charge is 2.43. The van der Waals surface area contributed by atoms with Crippen LogP contribution in [0.15, 0.2) is 35.6 Å². The van der Waals surface area contributed by atoms with Gasteiger partial charge in [-0.3, -0.25) is 9.59 Å². The zero-order valence-corrected chi connectivity index (χ0v) is 14.1. The molecule has 130 valence electrons. The van der Waals surface area contributed by atoms with Crippen molar-refractivity contribution >= 4 is 11.7 Å². The van der Waals surface area contributed by atoms with Gasteiger partial charge in [-0.1, -0.05) is 26.0 Å². The van der Waals surface area contributed by atoms with E-state index in [-0.39, 0.29) is 36.8 Å². The summed E-state index contributed by atoms with van der Waals surface area (Å²) in [4.78, 5) is 26.4. The molecule has 0 radical (unpaired) electrons. The summed E-state index contributed by atoms with van der Waals surface area (Å²) in [5, 5.41) is 10.2. The van der Waals surface area contributed by atoms with Gasteiger partial charge in [0.1, 0.15) is 5.82 Å². The van der Waals surface area contributed by atoms with Gasteiger partial charge in [0.2, 0.25) is 0 Å². The first-order valence-corrected chi connectivity index (χ1v) is 7.88. The maximum Gasteiger partial charge on any atom is 0.290 e. The van der Waals surface area contributed by atoms with E-state index in [0.29, 0.717) is 5.56 Å². The normalized spacial score (nSPS) is 18.0. The molecule has 0 aromatic heterocycles. The molecule has 24 heavy (non-hydrogen) atoms. The number of hydrogen-bond donors (Lipinski definition) is 1. The number of nitrogens with zero attached hydrogens (tertiary/aromatic N) is 1. The minimum atomic E-state index is -0.723. The Morgan fingerprint density at radius 1 is 1.33 bits per heavy atom. The van der Waals surface area contributed by atoms with Crippen molar-refractivity contribution in [2.45, 2.75) is 26.3 Å². The number of aliphatic hydroxyl groups is 1. The highest BCUT2D eigenvalue weighted by Crippen LogP contribution is 2.38. The second-order valence-corrected chi connectivity index (χ2v) is 6.23. The van der Waals surface area contributed by atoms with Crippen LogP contribution in [-0.4, -0.2) is 42.0 Å². The molecular formula is C18H22FNO4. The predicted octanol–water partition coefficient (Wildman–Crippen LogP) is 2.78. The molecule has 1 unspecified atom stereocenters. The van der Waals surface area contributed by atoms with Gasteiger partial charge in [-0.15, -0.1) is 0 Å². The SMILES string of the molecule is COCCN1C(=O)C(O)=C(C(=O)CC(C)C)C1c1ccc(F)cc1. The summed E-state index contributed by atoms with van der Waals surface area (Å²) >= 11 is 0. The molecule has 0 saturated heterocycles. The largest absolute Gasteiger partial charge is 0.503 e. The lowest BCUT2D eigenvalue weighted by atomic mass is 9.92. The van der Waals surface area contributed by atoms with Crippen LogP contribution in [0.2, 0.25) is 0 Å². The summed E-state index contributed by atoms with van der Waals surface area (Å²) in [7, 11) is 1.51. The smallest absolute Gasteiger partial charge is 0.290 e. The van der Waals surface area contributed by atoms with Gasteiger partial charge in [0.15, 0.2) is 11.5 Å². The molecule has 0 spiro atoms. The summed E-state index contributed by atoms with van der Waals surface area (Å²) in [5.74, 6) is -1.71. The number of ether oxygens (including phenoxy) is 1. The summed E-state index contributed by atoms with van der Waals surface area (Å²) < 4.78 is 18.2. The second kappa shape index (κ2) is 7.57. The first kappa shape index (κ1) is 18.1. The molecule has 1 aromatic rings. The van der Waals surface area contributed by atoms with Crippen LogP contribution in [0.3, 0.4) is 0 Å². The molecule has 5 nitrogen and oxygen atoms in total. The minimum absolute atomic E-state index is 0.0800. The number of aliphatic hydroxyl groups excluding tert-OH is 1. The Morgan fingerprint density at radius 3 is 2.50 bits per heavy atom. The van der Waals surface area contributed by atoms with Crippen LogP contribution < -0.4 is 0 Å². The van der Waals surface area contributed by atoms with E-state index in [1.807, 2.05) is 13.8 Å². The van der Waals surface area contributed by atoms with E-state index in [1.54, 1.807) is 0 Å².